The van der Waals surface area contributed by atoms with Gasteiger partial charge in [-0.3, -0.25) is 14.2 Å². The molecule has 1 saturated heterocycles. The Bertz CT molecular complexity index is 1140. The normalized spacial score (nSPS) is 25.9. The van der Waals surface area contributed by atoms with Gasteiger partial charge in [-0.2, -0.15) is 0 Å². The average Bonchev–Trinajstić information content (AvgIpc) is 3.33. The van der Waals surface area contributed by atoms with Crippen LogP contribution in [0.5, 0.6) is 0 Å². The van der Waals surface area contributed by atoms with Gasteiger partial charge in [-0.15, -0.1) is 0 Å². The first-order valence-corrected chi connectivity index (χ1v) is 13.5. The van der Waals surface area contributed by atoms with Crippen molar-refractivity contribution < 1.29 is 14.3 Å². The summed E-state index contributed by atoms with van der Waals surface area (Å²) in [5.41, 5.74) is -1.43. The van der Waals surface area contributed by atoms with Crippen molar-refractivity contribution in [1.29, 1.82) is 0 Å². The summed E-state index contributed by atoms with van der Waals surface area (Å²) in [4.78, 5) is 32.9. The Balaban J connectivity index is 1.35. The molecule has 0 radical (unpaired) electrons. The molecule has 190 valence electrons. The number of rotatable bonds is 5. The average molecular weight is 484 g/mol. The fraction of sp³-hybridized carbons (Fsp3) is 0.679. The third-order valence-corrected chi connectivity index (χ3v) is 9.20. The van der Waals surface area contributed by atoms with Gasteiger partial charge >= 0.3 is 0 Å². The summed E-state index contributed by atoms with van der Waals surface area (Å²) in [5, 5.41) is 12.2. The number of fused-ring (bicyclic) bond motifs is 1. The minimum atomic E-state index is -1.11. The number of hydrogen-bond acceptors (Lipinski definition) is 4. The van der Waals surface area contributed by atoms with E-state index in [0.717, 1.165) is 32.1 Å². The van der Waals surface area contributed by atoms with Gasteiger partial charge in [0.2, 0.25) is 5.91 Å². The molecule has 2 saturated carbocycles. The smallest absolute Gasteiger partial charge is 0.261 e. The van der Waals surface area contributed by atoms with E-state index in [2.05, 4.69) is 11.9 Å². The zero-order chi connectivity index (χ0) is 24.6. The molecule has 1 N–H and O–H groups in total. The van der Waals surface area contributed by atoms with E-state index in [1.54, 1.807) is 0 Å². The third kappa shape index (κ3) is 4.64. The number of amides is 1. The highest BCUT2D eigenvalue weighted by atomic mass is 19.1. The summed E-state index contributed by atoms with van der Waals surface area (Å²) >= 11 is 0. The van der Waals surface area contributed by atoms with Gasteiger partial charge in [0.15, 0.2) is 0 Å². The Labute approximate surface area is 206 Å². The molecule has 35 heavy (non-hydrogen) atoms. The largest absolute Gasteiger partial charge is 0.387 e. The predicted octanol–water partition coefficient (Wildman–Crippen LogP) is 4.67. The summed E-state index contributed by atoms with van der Waals surface area (Å²) in [5.74, 6) is 0.394. The number of nitrogens with zero attached hydrogens (tertiary/aromatic N) is 3. The van der Waals surface area contributed by atoms with Crippen LogP contribution >= 0.6 is 0 Å². The molecule has 1 aromatic carbocycles. The van der Waals surface area contributed by atoms with E-state index in [9.17, 15) is 19.1 Å². The van der Waals surface area contributed by atoms with Crippen molar-refractivity contribution in [1.82, 2.24) is 14.5 Å². The van der Waals surface area contributed by atoms with Crippen LogP contribution in [0.3, 0.4) is 0 Å². The van der Waals surface area contributed by atoms with Crippen molar-refractivity contribution in [2.75, 3.05) is 13.1 Å². The topological polar surface area (TPSA) is 75.4 Å². The van der Waals surface area contributed by atoms with Crippen molar-refractivity contribution in [3.63, 3.8) is 0 Å². The van der Waals surface area contributed by atoms with Crippen molar-refractivity contribution in [3.8, 4) is 0 Å². The number of aromatic nitrogens is 2. The predicted molar refractivity (Wildman–Crippen MR) is 133 cm³/mol. The molecular weight excluding hydrogens is 445 g/mol. The SMILES string of the molecule is C[C@H](CC1CCCCC1)C(=O)N1CCC(O)(Cn2cnc3ccc(F)cc3c2=O)C2(CCCC2)C1. The van der Waals surface area contributed by atoms with E-state index >= 15 is 0 Å². The van der Waals surface area contributed by atoms with Gasteiger partial charge in [0, 0.05) is 24.4 Å². The van der Waals surface area contributed by atoms with Crippen molar-refractivity contribution in [3.05, 3.63) is 40.7 Å². The second kappa shape index (κ2) is 9.64. The fourth-order valence-corrected chi connectivity index (χ4v) is 7.15. The zero-order valence-corrected chi connectivity index (χ0v) is 20.8. The zero-order valence-electron chi connectivity index (χ0n) is 20.8. The molecule has 1 amide bonds. The monoisotopic (exact) mass is 483 g/mol. The number of likely N-dealkylation sites (tertiary alicyclic amines) is 1. The summed E-state index contributed by atoms with van der Waals surface area (Å²) in [6.07, 6.45) is 12.9. The first kappa shape index (κ1) is 24.4. The maximum atomic E-state index is 13.8. The number of piperidine rings is 1. The first-order chi connectivity index (χ1) is 16.8. The van der Waals surface area contributed by atoms with Crippen LogP contribution in [0, 0.1) is 23.1 Å². The van der Waals surface area contributed by atoms with Crippen molar-refractivity contribution in [2.24, 2.45) is 17.3 Å². The molecule has 3 aliphatic rings. The lowest BCUT2D eigenvalue weighted by Gasteiger charge is -2.52. The molecule has 3 fully saturated rings. The van der Waals surface area contributed by atoms with Crippen LogP contribution in [0.1, 0.15) is 77.6 Å². The highest BCUT2D eigenvalue weighted by Gasteiger charge is 2.55. The number of halogens is 1. The molecule has 0 bridgehead atoms. The Hall–Kier alpha value is -2.28. The van der Waals surface area contributed by atoms with Gasteiger partial charge in [0.1, 0.15) is 5.82 Å². The van der Waals surface area contributed by atoms with Crippen LogP contribution in [0.2, 0.25) is 0 Å². The third-order valence-electron chi connectivity index (χ3n) is 9.20. The van der Waals surface area contributed by atoms with E-state index in [1.165, 1.54) is 61.2 Å². The van der Waals surface area contributed by atoms with Crippen LogP contribution < -0.4 is 5.56 Å². The number of hydrogen-bond donors (Lipinski definition) is 1. The second-order valence-electron chi connectivity index (χ2n) is 11.5. The summed E-state index contributed by atoms with van der Waals surface area (Å²) in [6, 6.07) is 4.01. The molecule has 2 heterocycles. The van der Waals surface area contributed by atoms with Crippen LogP contribution in [-0.4, -0.2) is 44.2 Å². The molecule has 2 aliphatic carbocycles. The number of carbonyl (C=O) groups is 1. The minimum Gasteiger partial charge on any atom is -0.387 e. The lowest BCUT2D eigenvalue weighted by molar-refractivity contribution is -0.163. The quantitative estimate of drug-likeness (QED) is 0.671. The van der Waals surface area contributed by atoms with E-state index in [1.807, 2.05) is 4.90 Å². The summed E-state index contributed by atoms with van der Waals surface area (Å²) in [7, 11) is 0. The van der Waals surface area contributed by atoms with Gasteiger partial charge in [-0.05, 0) is 49.8 Å². The lowest BCUT2D eigenvalue weighted by atomic mass is 9.65. The Kier molecular flexibility index (Phi) is 6.73. The molecule has 1 aliphatic heterocycles. The number of benzene rings is 1. The molecule has 2 atom stereocenters. The summed E-state index contributed by atoms with van der Waals surface area (Å²) < 4.78 is 15.2. The highest BCUT2D eigenvalue weighted by Crippen LogP contribution is 2.51. The van der Waals surface area contributed by atoms with Crippen LogP contribution in [0.15, 0.2) is 29.3 Å². The second-order valence-corrected chi connectivity index (χ2v) is 11.5. The first-order valence-electron chi connectivity index (χ1n) is 13.5. The Morgan fingerprint density at radius 3 is 2.66 bits per heavy atom. The minimum absolute atomic E-state index is 0.00458. The van der Waals surface area contributed by atoms with Gasteiger partial charge < -0.3 is 10.0 Å². The van der Waals surface area contributed by atoms with Crippen molar-refractivity contribution >= 4 is 16.8 Å². The lowest BCUT2D eigenvalue weighted by Crippen LogP contribution is -2.62. The Morgan fingerprint density at radius 2 is 1.91 bits per heavy atom. The fourth-order valence-electron chi connectivity index (χ4n) is 7.15. The van der Waals surface area contributed by atoms with Crippen LogP contribution in [0.25, 0.3) is 10.9 Å². The highest BCUT2D eigenvalue weighted by molar-refractivity contribution is 5.79. The van der Waals surface area contributed by atoms with E-state index < -0.39 is 16.8 Å². The number of carbonyl (C=O) groups excluding carboxylic acids is 1. The molecule has 6 nitrogen and oxygen atoms in total. The molecule has 5 rings (SSSR count). The van der Waals surface area contributed by atoms with E-state index in [0.29, 0.717) is 30.9 Å². The van der Waals surface area contributed by atoms with E-state index in [-0.39, 0.29) is 29.3 Å². The van der Waals surface area contributed by atoms with Gasteiger partial charge in [0.05, 0.1) is 29.4 Å². The molecule has 7 heteroatoms. The van der Waals surface area contributed by atoms with Crippen molar-refractivity contribution in [2.45, 2.75) is 89.7 Å². The number of aliphatic hydroxyl groups is 1. The van der Waals surface area contributed by atoms with E-state index in [4.69, 9.17) is 0 Å². The van der Waals surface area contributed by atoms with Gasteiger partial charge in [-0.25, -0.2) is 9.37 Å². The maximum absolute atomic E-state index is 13.8. The van der Waals surface area contributed by atoms with Crippen LogP contribution in [0.4, 0.5) is 4.39 Å². The summed E-state index contributed by atoms with van der Waals surface area (Å²) in [6.45, 7) is 3.22. The van der Waals surface area contributed by atoms with Gasteiger partial charge in [0.25, 0.3) is 5.56 Å². The maximum Gasteiger partial charge on any atom is 0.261 e. The molecular formula is C28H38FN3O3. The Morgan fingerprint density at radius 1 is 1.17 bits per heavy atom. The van der Waals surface area contributed by atoms with Crippen LogP contribution in [-0.2, 0) is 11.3 Å². The molecule has 1 spiro atoms. The standard InChI is InChI=1S/C28H38FN3O3/c1-20(15-21-7-3-2-4-8-21)25(33)31-14-13-28(35,27(17-31)11-5-6-12-27)18-32-19-30-24-10-9-22(29)16-23(24)26(32)34/h9-10,16,19-21,35H,2-8,11-15,17-18H2,1H3/t20-,28?/m1/s1. The molecule has 1 aromatic heterocycles. The molecule has 2 aromatic rings. The van der Waals surface area contributed by atoms with Gasteiger partial charge in [-0.1, -0.05) is 51.9 Å². The molecule has 1 unspecified atom stereocenters.